The van der Waals surface area contributed by atoms with Crippen molar-refractivity contribution in [2.24, 2.45) is 0 Å². The molecule has 3 aromatic rings. The quantitative estimate of drug-likeness (QED) is 0.320. The number of ether oxygens (including phenoxy) is 2. The predicted molar refractivity (Wildman–Crippen MR) is 137 cm³/mol. The fourth-order valence-corrected chi connectivity index (χ4v) is 4.11. The zero-order valence-corrected chi connectivity index (χ0v) is 21.1. The minimum Gasteiger partial charge on any atom is -0.465 e. The molecule has 0 aliphatic rings. The van der Waals surface area contributed by atoms with Crippen molar-refractivity contribution in [3.05, 3.63) is 71.4 Å². The smallest absolute Gasteiger partial charge is 0.357 e. The Morgan fingerprint density at radius 3 is 2.06 bits per heavy atom. The molecule has 2 aromatic carbocycles. The fraction of sp³-hybridized carbons (Fsp3) is 0.393. The van der Waals surface area contributed by atoms with Crippen LogP contribution in [0.3, 0.4) is 0 Å². The molecule has 0 spiro atoms. The number of hydrogen-bond donors (Lipinski definition) is 0. The van der Waals surface area contributed by atoms with Crippen LogP contribution in [-0.4, -0.2) is 53.9 Å². The lowest BCUT2D eigenvalue weighted by atomic mass is 9.99. The first kappa shape index (κ1) is 26.2. The molecule has 0 aliphatic carbocycles. The molecule has 186 valence electrons. The van der Waals surface area contributed by atoms with E-state index in [4.69, 9.17) is 14.6 Å². The van der Waals surface area contributed by atoms with Crippen molar-refractivity contribution in [3.63, 3.8) is 0 Å². The highest BCUT2D eigenvalue weighted by Crippen LogP contribution is 2.32. The summed E-state index contributed by atoms with van der Waals surface area (Å²) in [6.07, 6.45) is 4.49. The Hall–Kier alpha value is -3.45. The summed E-state index contributed by atoms with van der Waals surface area (Å²) in [5, 5.41) is 4.78. The number of carbonyl (C=O) groups excluding carboxylic acids is 2. The number of esters is 2. The van der Waals surface area contributed by atoms with E-state index in [0.717, 1.165) is 56.4 Å². The van der Waals surface area contributed by atoms with Crippen LogP contribution in [0.5, 0.6) is 0 Å². The van der Waals surface area contributed by atoms with Crippen molar-refractivity contribution in [3.8, 4) is 16.9 Å². The molecule has 3 rings (SSSR count). The monoisotopic (exact) mass is 477 g/mol. The van der Waals surface area contributed by atoms with Gasteiger partial charge in [-0.1, -0.05) is 69.2 Å². The second kappa shape index (κ2) is 12.9. The molecule has 0 radical (unpaired) electrons. The summed E-state index contributed by atoms with van der Waals surface area (Å²) in [6.45, 7) is 7.11. The van der Waals surface area contributed by atoms with E-state index in [-0.39, 0.29) is 11.3 Å². The number of aromatic nitrogens is 2. The Bertz CT molecular complexity index is 1120. The molecule has 1 heterocycles. The van der Waals surface area contributed by atoms with Crippen LogP contribution in [0.4, 0.5) is 0 Å². The summed E-state index contributed by atoms with van der Waals surface area (Å²) in [7, 11) is 2.59. The van der Waals surface area contributed by atoms with Crippen molar-refractivity contribution in [2.75, 3.05) is 27.3 Å². The highest BCUT2D eigenvalue weighted by molar-refractivity contribution is 6.07. The average Bonchev–Trinajstić information content (AvgIpc) is 3.30. The lowest BCUT2D eigenvalue weighted by molar-refractivity contribution is 0.0549. The van der Waals surface area contributed by atoms with Gasteiger partial charge in [0.25, 0.3) is 0 Å². The van der Waals surface area contributed by atoms with Crippen LogP contribution in [0.25, 0.3) is 16.9 Å². The van der Waals surface area contributed by atoms with Crippen molar-refractivity contribution >= 4 is 11.9 Å². The van der Waals surface area contributed by atoms with E-state index in [1.165, 1.54) is 18.9 Å². The molecule has 0 bridgehead atoms. The number of para-hydroxylation sites is 1. The molecule has 35 heavy (non-hydrogen) atoms. The van der Waals surface area contributed by atoms with Crippen molar-refractivity contribution < 1.29 is 19.1 Å². The third kappa shape index (κ3) is 6.17. The number of methoxy groups -OCH3 is 2. The predicted octanol–water partition coefficient (Wildman–Crippen LogP) is 5.51. The van der Waals surface area contributed by atoms with Gasteiger partial charge in [-0.3, -0.25) is 4.90 Å². The SMILES string of the molecule is CCCCN(CCCC)Cc1ccccc1-c1nn(-c2ccccc2)c(C(=O)OC)c1C(=O)OC. The largest absolute Gasteiger partial charge is 0.465 e. The molecule has 0 saturated carbocycles. The van der Waals surface area contributed by atoms with E-state index < -0.39 is 11.9 Å². The zero-order valence-electron chi connectivity index (χ0n) is 21.1. The summed E-state index contributed by atoms with van der Waals surface area (Å²) in [6, 6.07) is 17.1. The molecule has 0 amide bonds. The van der Waals surface area contributed by atoms with Gasteiger partial charge in [0, 0.05) is 12.1 Å². The molecule has 0 unspecified atom stereocenters. The maximum Gasteiger partial charge on any atom is 0.357 e. The van der Waals surface area contributed by atoms with E-state index in [9.17, 15) is 9.59 Å². The Kier molecular flexibility index (Phi) is 9.61. The summed E-state index contributed by atoms with van der Waals surface area (Å²) in [5.41, 5.74) is 3.04. The van der Waals surface area contributed by atoms with Crippen molar-refractivity contribution in [1.29, 1.82) is 0 Å². The van der Waals surface area contributed by atoms with Crippen LogP contribution in [-0.2, 0) is 16.0 Å². The van der Waals surface area contributed by atoms with Crippen LogP contribution < -0.4 is 0 Å². The van der Waals surface area contributed by atoms with Gasteiger partial charge < -0.3 is 9.47 Å². The Morgan fingerprint density at radius 1 is 0.857 bits per heavy atom. The molecule has 7 nitrogen and oxygen atoms in total. The van der Waals surface area contributed by atoms with E-state index in [1.54, 1.807) is 0 Å². The molecule has 0 saturated heterocycles. The van der Waals surface area contributed by atoms with Gasteiger partial charge in [0.2, 0.25) is 0 Å². The summed E-state index contributed by atoms with van der Waals surface area (Å²) >= 11 is 0. The third-order valence-corrected chi connectivity index (χ3v) is 5.98. The standard InChI is InChI=1S/C28H35N3O4/c1-5-7-18-30(19-8-6-2)20-21-14-12-13-17-23(21)25-24(27(32)34-3)26(28(33)35-4)31(29-25)22-15-10-9-11-16-22/h9-17H,5-8,18-20H2,1-4H3. The number of carbonyl (C=O) groups is 2. The van der Waals surface area contributed by atoms with Gasteiger partial charge >= 0.3 is 11.9 Å². The Labute approximate surface area is 207 Å². The first-order valence-electron chi connectivity index (χ1n) is 12.2. The normalized spacial score (nSPS) is 11.0. The van der Waals surface area contributed by atoms with E-state index in [0.29, 0.717) is 11.4 Å². The lowest BCUT2D eigenvalue weighted by Gasteiger charge is -2.23. The highest BCUT2D eigenvalue weighted by atomic mass is 16.5. The summed E-state index contributed by atoms with van der Waals surface area (Å²) < 4.78 is 11.6. The maximum atomic E-state index is 13.0. The zero-order chi connectivity index (χ0) is 25.2. The van der Waals surface area contributed by atoms with Gasteiger partial charge in [-0.25, -0.2) is 14.3 Å². The maximum absolute atomic E-state index is 13.0. The summed E-state index contributed by atoms with van der Waals surface area (Å²) in [4.78, 5) is 28.4. The fourth-order valence-electron chi connectivity index (χ4n) is 4.11. The first-order valence-corrected chi connectivity index (χ1v) is 12.2. The van der Waals surface area contributed by atoms with Crippen LogP contribution >= 0.6 is 0 Å². The molecular weight excluding hydrogens is 442 g/mol. The van der Waals surface area contributed by atoms with Crippen molar-refractivity contribution in [1.82, 2.24) is 14.7 Å². The van der Waals surface area contributed by atoms with Crippen LogP contribution in [0.1, 0.15) is 65.9 Å². The molecule has 0 atom stereocenters. The number of nitrogens with zero attached hydrogens (tertiary/aromatic N) is 3. The van der Waals surface area contributed by atoms with Gasteiger partial charge in [-0.2, -0.15) is 5.10 Å². The minimum atomic E-state index is -0.655. The average molecular weight is 478 g/mol. The molecule has 0 N–H and O–H groups in total. The first-order chi connectivity index (χ1) is 17.0. The lowest BCUT2D eigenvalue weighted by Crippen LogP contribution is -2.26. The van der Waals surface area contributed by atoms with Gasteiger partial charge in [0.05, 0.1) is 19.9 Å². The molecule has 0 aliphatic heterocycles. The van der Waals surface area contributed by atoms with Gasteiger partial charge in [0.15, 0.2) is 5.69 Å². The molecule has 7 heteroatoms. The van der Waals surface area contributed by atoms with E-state index >= 15 is 0 Å². The van der Waals surface area contributed by atoms with Crippen molar-refractivity contribution in [2.45, 2.75) is 46.1 Å². The van der Waals surface area contributed by atoms with Crippen LogP contribution in [0, 0.1) is 0 Å². The molecule has 1 aromatic heterocycles. The molecular formula is C28H35N3O4. The van der Waals surface area contributed by atoms with Crippen LogP contribution in [0.2, 0.25) is 0 Å². The third-order valence-electron chi connectivity index (χ3n) is 5.98. The Balaban J connectivity index is 2.19. The second-order valence-electron chi connectivity index (χ2n) is 8.44. The molecule has 0 fully saturated rings. The van der Waals surface area contributed by atoms with E-state index in [1.807, 2.05) is 48.5 Å². The number of rotatable bonds is 12. The van der Waals surface area contributed by atoms with Gasteiger partial charge in [0.1, 0.15) is 11.3 Å². The Morgan fingerprint density at radius 2 is 1.46 bits per heavy atom. The highest BCUT2D eigenvalue weighted by Gasteiger charge is 2.32. The minimum absolute atomic E-state index is 0.0455. The topological polar surface area (TPSA) is 73.7 Å². The van der Waals surface area contributed by atoms with Crippen LogP contribution in [0.15, 0.2) is 54.6 Å². The second-order valence-corrected chi connectivity index (χ2v) is 8.44. The number of benzene rings is 2. The number of hydrogen-bond acceptors (Lipinski definition) is 6. The summed E-state index contributed by atoms with van der Waals surface area (Å²) in [5.74, 6) is -1.29. The van der Waals surface area contributed by atoms with E-state index in [2.05, 4.69) is 24.8 Å². The number of unbranched alkanes of at least 4 members (excludes halogenated alkanes) is 2. The van der Waals surface area contributed by atoms with Gasteiger partial charge in [-0.15, -0.1) is 0 Å². The van der Waals surface area contributed by atoms with Gasteiger partial charge in [-0.05, 0) is 43.6 Å².